The minimum absolute atomic E-state index is 0.0609. The molecule has 5 nitrogen and oxygen atoms in total. The van der Waals surface area contributed by atoms with Gasteiger partial charge in [0.2, 0.25) is 0 Å². The molecule has 18 heavy (non-hydrogen) atoms. The van der Waals surface area contributed by atoms with E-state index in [1.54, 1.807) is 13.0 Å². The molecule has 2 N–H and O–H groups in total. The number of fused-ring (bicyclic) bond motifs is 1. The summed E-state index contributed by atoms with van der Waals surface area (Å²) in [4.78, 5) is 13.3. The number of H-pyrrole nitrogens is 1. The third-order valence-electron chi connectivity index (χ3n) is 3.14. The van der Waals surface area contributed by atoms with Crippen LogP contribution < -0.4 is 0 Å². The summed E-state index contributed by atoms with van der Waals surface area (Å²) in [5, 5.41) is 21.8. The fourth-order valence-corrected chi connectivity index (χ4v) is 2.04. The quantitative estimate of drug-likeness (QED) is 0.662. The highest BCUT2D eigenvalue weighted by atomic mass is 35.5. The maximum Gasteiger partial charge on any atom is 0.271 e. The Bertz CT molecular complexity index is 619. The first-order valence-corrected chi connectivity index (χ1v) is 5.92. The summed E-state index contributed by atoms with van der Waals surface area (Å²) < 4.78 is 0. The number of aromatic amines is 1. The molecule has 0 radical (unpaired) electrons. The van der Waals surface area contributed by atoms with E-state index in [4.69, 9.17) is 11.6 Å². The van der Waals surface area contributed by atoms with Crippen molar-refractivity contribution in [2.24, 2.45) is 0 Å². The Morgan fingerprint density at radius 1 is 1.50 bits per heavy atom. The molecular formula is C12H13ClN2O3. The van der Waals surface area contributed by atoms with Crippen LogP contribution in [0.2, 0.25) is 5.02 Å². The smallest absolute Gasteiger partial charge is 0.271 e. The zero-order valence-electron chi connectivity index (χ0n) is 10.0. The molecule has 2 aromatic rings. The van der Waals surface area contributed by atoms with E-state index < -0.39 is 10.5 Å². The molecule has 0 spiro atoms. The van der Waals surface area contributed by atoms with Gasteiger partial charge in [-0.3, -0.25) is 10.1 Å². The van der Waals surface area contributed by atoms with Gasteiger partial charge in [0.1, 0.15) is 5.60 Å². The monoisotopic (exact) mass is 268 g/mol. The maximum absolute atomic E-state index is 10.7. The number of aliphatic hydroxyl groups is 1. The summed E-state index contributed by atoms with van der Waals surface area (Å²) in [6.45, 7) is 3.54. The number of hydrogen-bond acceptors (Lipinski definition) is 3. The molecule has 0 saturated heterocycles. The van der Waals surface area contributed by atoms with E-state index in [-0.39, 0.29) is 10.7 Å². The summed E-state index contributed by atoms with van der Waals surface area (Å²) in [7, 11) is 0. The zero-order valence-corrected chi connectivity index (χ0v) is 10.8. The molecule has 0 bridgehead atoms. The highest BCUT2D eigenvalue weighted by Crippen LogP contribution is 2.33. The highest BCUT2D eigenvalue weighted by Gasteiger charge is 2.24. The number of non-ortho nitro benzene ring substituents is 1. The number of hydrogen-bond donors (Lipinski definition) is 2. The lowest BCUT2D eigenvalue weighted by Crippen LogP contribution is -2.19. The van der Waals surface area contributed by atoms with Crippen LogP contribution in [0.3, 0.4) is 0 Å². The van der Waals surface area contributed by atoms with Crippen molar-refractivity contribution in [1.82, 2.24) is 4.98 Å². The van der Waals surface area contributed by atoms with Crippen LogP contribution in [-0.2, 0) is 5.60 Å². The van der Waals surface area contributed by atoms with E-state index in [1.165, 1.54) is 12.1 Å². The fraction of sp³-hybridized carbons (Fsp3) is 0.333. The second kappa shape index (κ2) is 4.26. The van der Waals surface area contributed by atoms with E-state index in [2.05, 4.69) is 4.98 Å². The number of nitrogens with one attached hydrogen (secondary N) is 1. The molecule has 0 saturated carbocycles. The molecule has 1 atom stereocenters. The SMILES string of the molecule is CCC(C)(O)c1cc2cc([N+](=O)[O-])cc(Cl)c2[nH]1. The zero-order chi connectivity index (χ0) is 13.5. The Hall–Kier alpha value is -1.59. The van der Waals surface area contributed by atoms with E-state index in [1.807, 2.05) is 6.92 Å². The van der Waals surface area contributed by atoms with E-state index in [0.717, 1.165) is 0 Å². The number of halogens is 1. The molecular weight excluding hydrogens is 256 g/mol. The molecule has 1 aromatic carbocycles. The van der Waals surface area contributed by atoms with Crippen molar-refractivity contribution >= 4 is 28.2 Å². The normalized spacial score (nSPS) is 14.7. The minimum Gasteiger partial charge on any atom is -0.384 e. The molecule has 0 amide bonds. The molecule has 2 rings (SSSR count). The average Bonchev–Trinajstić information content (AvgIpc) is 2.74. The minimum atomic E-state index is -1.00. The molecule has 1 unspecified atom stereocenters. The molecule has 96 valence electrons. The van der Waals surface area contributed by atoms with Crippen molar-refractivity contribution in [1.29, 1.82) is 0 Å². The first kappa shape index (κ1) is 12.9. The molecule has 0 aliphatic carbocycles. The number of nitrogens with zero attached hydrogens (tertiary/aromatic N) is 1. The standard InChI is InChI=1S/C12H13ClN2O3/c1-3-12(2,16)10-5-7-4-8(15(17)18)6-9(13)11(7)14-10/h4-6,14,16H,3H2,1-2H3. The predicted molar refractivity (Wildman–Crippen MR) is 69.8 cm³/mol. The second-order valence-corrected chi connectivity index (χ2v) is 4.87. The summed E-state index contributed by atoms with van der Waals surface area (Å²) in [6.07, 6.45) is 0.527. The van der Waals surface area contributed by atoms with Crippen molar-refractivity contribution in [3.05, 3.63) is 39.0 Å². The van der Waals surface area contributed by atoms with Gasteiger partial charge in [-0.05, 0) is 19.4 Å². The predicted octanol–water partition coefficient (Wildman–Crippen LogP) is 3.35. The van der Waals surface area contributed by atoms with Crippen LogP contribution in [-0.4, -0.2) is 15.0 Å². The van der Waals surface area contributed by atoms with Gasteiger partial charge in [-0.2, -0.15) is 0 Å². The molecule has 1 aromatic heterocycles. The third-order valence-corrected chi connectivity index (χ3v) is 3.44. The Labute approximate surface area is 109 Å². The lowest BCUT2D eigenvalue weighted by molar-refractivity contribution is -0.384. The second-order valence-electron chi connectivity index (χ2n) is 4.46. The van der Waals surface area contributed by atoms with Crippen LogP contribution in [0, 0.1) is 10.1 Å². The first-order valence-electron chi connectivity index (χ1n) is 5.54. The molecule has 1 heterocycles. The summed E-state index contributed by atoms with van der Waals surface area (Å²) in [5.41, 5.74) is 0.138. The van der Waals surface area contributed by atoms with Crippen molar-refractivity contribution in [3.8, 4) is 0 Å². The third kappa shape index (κ3) is 2.07. The number of rotatable bonds is 3. The Morgan fingerprint density at radius 2 is 2.17 bits per heavy atom. The molecule has 0 aliphatic rings. The van der Waals surface area contributed by atoms with Crippen LogP contribution in [0.25, 0.3) is 10.9 Å². The number of aromatic nitrogens is 1. The number of nitro benzene ring substituents is 1. The highest BCUT2D eigenvalue weighted by molar-refractivity contribution is 6.35. The molecule has 6 heteroatoms. The van der Waals surface area contributed by atoms with Crippen molar-refractivity contribution in [2.75, 3.05) is 0 Å². The molecule has 0 aliphatic heterocycles. The summed E-state index contributed by atoms with van der Waals surface area (Å²) in [6, 6.07) is 4.43. The van der Waals surface area contributed by atoms with Crippen LogP contribution >= 0.6 is 11.6 Å². The maximum atomic E-state index is 10.7. The Balaban J connectivity index is 2.65. The van der Waals surface area contributed by atoms with Gasteiger partial charge in [-0.25, -0.2) is 0 Å². The summed E-state index contributed by atoms with van der Waals surface area (Å²) in [5.74, 6) is 0. The van der Waals surface area contributed by atoms with Crippen molar-refractivity contribution in [2.45, 2.75) is 25.9 Å². The van der Waals surface area contributed by atoms with Gasteiger partial charge >= 0.3 is 0 Å². The van der Waals surface area contributed by atoms with Crippen LogP contribution in [0.5, 0.6) is 0 Å². The summed E-state index contributed by atoms with van der Waals surface area (Å²) >= 11 is 6.00. The molecule has 0 fully saturated rings. The van der Waals surface area contributed by atoms with Gasteiger partial charge < -0.3 is 10.1 Å². The number of nitro groups is 1. The number of benzene rings is 1. The van der Waals surface area contributed by atoms with Gasteiger partial charge in [0.05, 0.1) is 15.5 Å². The Kier molecular flexibility index (Phi) is 3.04. The fourth-order valence-electron chi connectivity index (χ4n) is 1.77. The lowest BCUT2D eigenvalue weighted by Gasteiger charge is -2.19. The van der Waals surface area contributed by atoms with Gasteiger partial charge in [-0.15, -0.1) is 0 Å². The largest absolute Gasteiger partial charge is 0.384 e. The van der Waals surface area contributed by atoms with Crippen molar-refractivity contribution < 1.29 is 10.0 Å². The van der Waals surface area contributed by atoms with Crippen LogP contribution in [0.15, 0.2) is 18.2 Å². The lowest BCUT2D eigenvalue weighted by atomic mass is 9.99. The average molecular weight is 269 g/mol. The van der Waals surface area contributed by atoms with Crippen LogP contribution in [0.4, 0.5) is 5.69 Å². The Morgan fingerprint density at radius 3 is 2.72 bits per heavy atom. The van der Waals surface area contributed by atoms with Gasteiger partial charge in [0.25, 0.3) is 5.69 Å². The van der Waals surface area contributed by atoms with Gasteiger partial charge in [0, 0.05) is 23.2 Å². The van der Waals surface area contributed by atoms with E-state index in [0.29, 0.717) is 23.0 Å². The van der Waals surface area contributed by atoms with E-state index >= 15 is 0 Å². The van der Waals surface area contributed by atoms with Crippen LogP contribution in [0.1, 0.15) is 26.0 Å². The van der Waals surface area contributed by atoms with E-state index in [9.17, 15) is 15.2 Å². The van der Waals surface area contributed by atoms with Gasteiger partial charge in [-0.1, -0.05) is 18.5 Å². The van der Waals surface area contributed by atoms with Gasteiger partial charge in [0.15, 0.2) is 0 Å². The topological polar surface area (TPSA) is 79.2 Å². The first-order chi connectivity index (χ1) is 8.35. The van der Waals surface area contributed by atoms with Crippen molar-refractivity contribution in [3.63, 3.8) is 0 Å².